The van der Waals surface area contributed by atoms with Crippen molar-refractivity contribution in [3.05, 3.63) is 11.6 Å². The maximum Gasteiger partial charge on any atom is 0.310 e. The Morgan fingerprint density at radius 1 is 1.22 bits per heavy atom. The molecule has 1 saturated heterocycles. The Bertz CT molecular complexity index is 679. The minimum atomic E-state index is -1.04. The van der Waals surface area contributed by atoms with Gasteiger partial charge in [-0.25, -0.2) is 0 Å². The summed E-state index contributed by atoms with van der Waals surface area (Å²) in [5, 5.41) is 11.0. The highest BCUT2D eigenvalue weighted by Gasteiger charge is 2.74. The number of ketones is 2. The van der Waals surface area contributed by atoms with E-state index in [2.05, 4.69) is 0 Å². The Balaban J connectivity index is 1.94. The number of carbonyl (C=O) groups is 3. The summed E-state index contributed by atoms with van der Waals surface area (Å²) in [5.74, 6) is -2.02. The number of fused-ring (bicyclic) bond motifs is 6. The zero-order chi connectivity index (χ0) is 16.9. The number of carbonyl (C=O) groups excluding carboxylic acids is 3. The van der Waals surface area contributed by atoms with Crippen molar-refractivity contribution in [1.29, 1.82) is 0 Å². The first-order chi connectivity index (χ1) is 10.6. The lowest BCUT2D eigenvalue weighted by molar-refractivity contribution is -0.186. The Morgan fingerprint density at radius 2 is 1.87 bits per heavy atom. The third-order valence-electron chi connectivity index (χ3n) is 7.32. The first kappa shape index (κ1) is 15.1. The van der Waals surface area contributed by atoms with Crippen molar-refractivity contribution in [2.24, 2.45) is 34.5 Å². The Kier molecular flexibility index (Phi) is 2.70. The van der Waals surface area contributed by atoms with E-state index in [1.165, 1.54) is 0 Å². The Labute approximate surface area is 135 Å². The lowest BCUT2D eigenvalue weighted by Gasteiger charge is -2.58. The van der Waals surface area contributed by atoms with Crippen LogP contribution in [-0.4, -0.2) is 34.9 Å². The highest BCUT2D eigenvalue weighted by Crippen LogP contribution is 2.66. The van der Waals surface area contributed by atoms with Crippen LogP contribution >= 0.6 is 0 Å². The van der Waals surface area contributed by atoms with Gasteiger partial charge in [-0.3, -0.25) is 14.4 Å². The number of ether oxygens (including phenoxy) is 1. The number of Topliss-reactive ketones (excluding diaryl/α,β-unsaturated/α-hetero) is 1. The number of aliphatic hydroxyl groups excluding tert-OH is 1. The van der Waals surface area contributed by atoms with Gasteiger partial charge in [0, 0.05) is 29.1 Å². The van der Waals surface area contributed by atoms with Crippen LogP contribution in [0.2, 0.25) is 0 Å². The van der Waals surface area contributed by atoms with Crippen molar-refractivity contribution in [3.8, 4) is 0 Å². The molecule has 0 amide bonds. The van der Waals surface area contributed by atoms with Gasteiger partial charge in [0.1, 0.15) is 11.9 Å². The Morgan fingerprint density at radius 3 is 2.52 bits per heavy atom. The van der Waals surface area contributed by atoms with E-state index in [-0.39, 0.29) is 29.8 Å². The molecule has 8 atom stereocenters. The van der Waals surface area contributed by atoms with Gasteiger partial charge in [-0.2, -0.15) is 0 Å². The molecule has 4 rings (SSSR count). The second kappa shape index (κ2) is 4.12. The first-order valence-electron chi connectivity index (χ1n) is 8.29. The van der Waals surface area contributed by atoms with E-state index in [1.807, 2.05) is 20.8 Å². The van der Waals surface area contributed by atoms with Gasteiger partial charge in [0.25, 0.3) is 0 Å². The zero-order valence-electron chi connectivity index (χ0n) is 13.8. The van der Waals surface area contributed by atoms with Gasteiger partial charge in [0.15, 0.2) is 5.78 Å². The summed E-state index contributed by atoms with van der Waals surface area (Å²) in [6, 6.07) is 0. The minimum absolute atomic E-state index is 0.0272. The summed E-state index contributed by atoms with van der Waals surface area (Å²) in [7, 11) is 0. The van der Waals surface area contributed by atoms with E-state index >= 15 is 0 Å². The van der Waals surface area contributed by atoms with Crippen molar-refractivity contribution < 1.29 is 24.2 Å². The Hall–Kier alpha value is -1.49. The van der Waals surface area contributed by atoms with Crippen molar-refractivity contribution in [2.45, 2.75) is 46.3 Å². The molecule has 1 heterocycles. The molecule has 0 aromatic heterocycles. The largest absolute Gasteiger partial charge is 0.459 e. The lowest BCUT2D eigenvalue weighted by atomic mass is 9.42. The van der Waals surface area contributed by atoms with Gasteiger partial charge in [-0.15, -0.1) is 0 Å². The molecule has 124 valence electrons. The fourth-order valence-electron chi connectivity index (χ4n) is 6.21. The molecule has 5 nitrogen and oxygen atoms in total. The SMILES string of the molecule is CC1=CC(=O)C2(C)C1CC(=O)C1(C)C3C(=O)OC(C3C)C(O)C21. The van der Waals surface area contributed by atoms with E-state index in [9.17, 15) is 19.5 Å². The molecular weight excluding hydrogens is 296 g/mol. The van der Waals surface area contributed by atoms with E-state index in [0.717, 1.165) is 5.57 Å². The van der Waals surface area contributed by atoms with E-state index in [4.69, 9.17) is 4.74 Å². The number of hydrogen-bond acceptors (Lipinski definition) is 5. The fourth-order valence-corrected chi connectivity index (χ4v) is 6.21. The van der Waals surface area contributed by atoms with Crippen LogP contribution in [0.1, 0.15) is 34.1 Å². The van der Waals surface area contributed by atoms with Crippen molar-refractivity contribution in [1.82, 2.24) is 0 Å². The number of rotatable bonds is 0. The third-order valence-corrected chi connectivity index (χ3v) is 7.32. The number of allylic oxidation sites excluding steroid dienone is 2. The van der Waals surface area contributed by atoms with E-state index in [0.29, 0.717) is 0 Å². The van der Waals surface area contributed by atoms with Crippen LogP contribution in [0.15, 0.2) is 11.6 Å². The summed E-state index contributed by atoms with van der Waals surface area (Å²) in [4.78, 5) is 38.2. The third kappa shape index (κ3) is 1.41. The molecule has 23 heavy (non-hydrogen) atoms. The lowest BCUT2D eigenvalue weighted by Crippen LogP contribution is -2.67. The summed E-state index contributed by atoms with van der Waals surface area (Å²) >= 11 is 0. The average molecular weight is 318 g/mol. The minimum Gasteiger partial charge on any atom is -0.459 e. The quantitative estimate of drug-likeness (QED) is 0.681. The molecular formula is C18H22O5. The standard InChI is InChI=1S/C18H22O5/c1-7-5-10(19)17(3)9(7)6-11(20)18(4)12-8(2)14(23-16(12)22)13(21)15(17)18/h5,8-9,12-15,21H,6H2,1-4H3. The highest BCUT2D eigenvalue weighted by molar-refractivity contribution is 6.03. The van der Waals surface area contributed by atoms with Crippen LogP contribution in [-0.2, 0) is 19.1 Å². The second-order valence-corrected chi connectivity index (χ2v) is 8.20. The van der Waals surface area contributed by atoms with Gasteiger partial charge >= 0.3 is 5.97 Å². The normalized spacial score (nSPS) is 54.5. The maximum atomic E-state index is 13.1. The van der Waals surface area contributed by atoms with Crippen molar-refractivity contribution >= 4 is 17.5 Å². The van der Waals surface area contributed by atoms with E-state index in [1.54, 1.807) is 13.0 Å². The molecule has 1 aliphatic heterocycles. The van der Waals surface area contributed by atoms with Gasteiger partial charge in [-0.1, -0.05) is 26.3 Å². The zero-order valence-corrected chi connectivity index (χ0v) is 13.8. The molecule has 2 bridgehead atoms. The molecule has 0 aromatic rings. The molecule has 3 fully saturated rings. The summed E-state index contributed by atoms with van der Waals surface area (Å²) in [6.45, 7) is 7.34. The molecule has 5 heteroatoms. The van der Waals surface area contributed by atoms with Crippen molar-refractivity contribution in [2.75, 3.05) is 0 Å². The van der Waals surface area contributed by atoms with E-state index < -0.39 is 40.8 Å². The molecule has 2 saturated carbocycles. The summed E-state index contributed by atoms with van der Waals surface area (Å²) < 4.78 is 5.40. The molecule has 3 aliphatic carbocycles. The first-order valence-corrected chi connectivity index (χ1v) is 8.29. The molecule has 8 unspecified atom stereocenters. The van der Waals surface area contributed by atoms with Crippen molar-refractivity contribution in [3.63, 3.8) is 0 Å². The predicted molar refractivity (Wildman–Crippen MR) is 80.1 cm³/mol. The number of esters is 1. The summed E-state index contributed by atoms with van der Waals surface area (Å²) in [5.41, 5.74) is -0.975. The smallest absolute Gasteiger partial charge is 0.310 e. The highest BCUT2D eigenvalue weighted by atomic mass is 16.6. The van der Waals surface area contributed by atoms with Crippen LogP contribution in [0.25, 0.3) is 0 Å². The monoisotopic (exact) mass is 318 g/mol. The van der Waals surface area contributed by atoms with Gasteiger partial charge in [-0.05, 0) is 18.9 Å². The van der Waals surface area contributed by atoms with Gasteiger partial charge < -0.3 is 9.84 Å². The average Bonchev–Trinajstić information content (AvgIpc) is 2.83. The molecule has 0 spiro atoms. The van der Waals surface area contributed by atoms with Gasteiger partial charge in [0.2, 0.25) is 0 Å². The van der Waals surface area contributed by atoms with Crippen LogP contribution in [0.5, 0.6) is 0 Å². The number of aliphatic hydroxyl groups is 1. The van der Waals surface area contributed by atoms with Crippen LogP contribution in [0.3, 0.4) is 0 Å². The molecule has 0 aromatic carbocycles. The maximum absolute atomic E-state index is 13.1. The van der Waals surface area contributed by atoms with Crippen LogP contribution in [0, 0.1) is 34.5 Å². The van der Waals surface area contributed by atoms with Crippen LogP contribution in [0.4, 0.5) is 0 Å². The summed E-state index contributed by atoms with van der Waals surface area (Å²) in [6.07, 6.45) is 0.255. The fraction of sp³-hybridized carbons (Fsp3) is 0.722. The van der Waals surface area contributed by atoms with Crippen LogP contribution < -0.4 is 0 Å². The second-order valence-electron chi connectivity index (χ2n) is 8.20. The predicted octanol–water partition coefficient (Wildman–Crippen LogP) is 1.29. The molecule has 1 N–H and O–H groups in total. The molecule has 0 radical (unpaired) electrons. The van der Waals surface area contributed by atoms with Gasteiger partial charge in [0.05, 0.1) is 12.0 Å². The topological polar surface area (TPSA) is 80.7 Å². The number of hydrogen-bond donors (Lipinski definition) is 1. The molecule has 4 aliphatic rings.